The SMILES string of the molecule is CC(F)(F)C[C@H]([NH-])C(=O)NC1(C#N)CC1.CCCN1CCCC2(CC(C(=O)O)=NO2)C1. The van der Waals surface area contributed by atoms with Crippen LogP contribution in [0.1, 0.15) is 58.8 Å². The molecule has 0 bridgehead atoms. The number of carbonyl (C=O) groups is 2. The van der Waals surface area contributed by atoms with Gasteiger partial charge in [-0.15, -0.1) is 0 Å². The van der Waals surface area contributed by atoms with Crippen LogP contribution in [0.2, 0.25) is 0 Å². The number of carboxylic acids is 1. The predicted molar refractivity (Wildman–Crippen MR) is 109 cm³/mol. The molecule has 1 unspecified atom stereocenters. The molecular formula is C20H30F2N5O4-. The third kappa shape index (κ3) is 7.40. The number of carboxylic acid groups (broad SMARTS) is 1. The molecule has 3 N–H and O–H groups in total. The highest BCUT2D eigenvalue weighted by Crippen LogP contribution is 2.35. The summed E-state index contributed by atoms with van der Waals surface area (Å²) in [5.41, 5.74) is 6.13. The fourth-order valence-electron chi connectivity index (χ4n) is 3.72. The number of aliphatic carboxylic acids is 1. The average Bonchev–Trinajstić information content (AvgIpc) is 3.33. The minimum Gasteiger partial charge on any atom is -0.667 e. The molecule has 174 valence electrons. The Morgan fingerprint density at radius 3 is 2.61 bits per heavy atom. The molecule has 2 atom stereocenters. The molecule has 1 spiro atoms. The first-order valence-electron chi connectivity index (χ1n) is 10.5. The number of hydrogen-bond donors (Lipinski definition) is 2. The van der Waals surface area contributed by atoms with Gasteiger partial charge in [0.05, 0.1) is 6.07 Å². The molecular weight excluding hydrogens is 412 g/mol. The van der Waals surface area contributed by atoms with Crippen LogP contribution in [0, 0.1) is 11.3 Å². The molecule has 31 heavy (non-hydrogen) atoms. The van der Waals surface area contributed by atoms with Crippen molar-refractivity contribution in [1.29, 1.82) is 5.26 Å². The van der Waals surface area contributed by atoms with Gasteiger partial charge in [-0.3, -0.25) is 9.69 Å². The van der Waals surface area contributed by atoms with E-state index in [0.29, 0.717) is 26.2 Å². The number of nitriles is 1. The van der Waals surface area contributed by atoms with Gasteiger partial charge in [0.15, 0.2) is 11.3 Å². The fourth-order valence-corrected chi connectivity index (χ4v) is 3.72. The van der Waals surface area contributed by atoms with Gasteiger partial charge in [-0.1, -0.05) is 18.1 Å². The highest BCUT2D eigenvalue weighted by atomic mass is 19.3. The molecule has 3 rings (SSSR count). The van der Waals surface area contributed by atoms with E-state index in [1.807, 2.05) is 6.07 Å². The van der Waals surface area contributed by atoms with Crippen molar-refractivity contribution >= 4 is 17.6 Å². The van der Waals surface area contributed by atoms with E-state index in [0.717, 1.165) is 38.9 Å². The third-order valence-electron chi connectivity index (χ3n) is 5.45. The number of hydrogen-bond acceptors (Lipinski definition) is 6. The minimum atomic E-state index is -3.03. The van der Waals surface area contributed by atoms with Gasteiger partial charge >= 0.3 is 5.97 Å². The van der Waals surface area contributed by atoms with Crippen LogP contribution in [0.3, 0.4) is 0 Å². The van der Waals surface area contributed by atoms with Crippen LogP contribution in [0.25, 0.3) is 5.73 Å². The number of nitrogens with one attached hydrogen (secondary N) is 2. The van der Waals surface area contributed by atoms with Gasteiger partial charge in [0.1, 0.15) is 5.54 Å². The van der Waals surface area contributed by atoms with Crippen molar-refractivity contribution in [3.8, 4) is 6.07 Å². The lowest BCUT2D eigenvalue weighted by atomic mass is 9.88. The van der Waals surface area contributed by atoms with Crippen molar-refractivity contribution in [2.45, 2.75) is 81.9 Å². The van der Waals surface area contributed by atoms with E-state index in [1.54, 1.807) is 0 Å². The van der Waals surface area contributed by atoms with E-state index in [1.165, 1.54) is 0 Å². The third-order valence-corrected chi connectivity index (χ3v) is 5.45. The van der Waals surface area contributed by atoms with Crippen molar-refractivity contribution in [2.75, 3.05) is 19.6 Å². The van der Waals surface area contributed by atoms with E-state index in [9.17, 15) is 18.4 Å². The molecule has 1 saturated carbocycles. The molecule has 0 aromatic heterocycles. The molecule has 0 aromatic rings. The molecule has 2 heterocycles. The van der Waals surface area contributed by atoms with Gasteiger partial charge < -0.3 is 21.0 Å². The van der Waals surface area contributed by atoms with E-state index >= 15 is 0 Å². The van der Waals surface area contributed by atoms with Gasteiger partial charge in [0.25, 0.3) is 0 Å². The summed E-state index contributed by atoms with van der Waals surface area (Å²) in [4.78, 5) is 29.8. The first kappa shape index (κ1) is 24.9. The maximum absolute atomic E-state index is 12.5. The van der Waals surface area contributed by atoms with E-state index < -0.39 is 35.8 Å². The lowest BCUT2D eigenvalue weighted by Crippen LogP contribution is -2.48. The second-order valence-electron chi connectivity index (χ2n) is 8.68. The maximum atomic E-state index is 12.5. The Bertz CT molecular complexity index is 743. The lowest BCUT2D eigenvalue weighted by molar-refractivity contribution is -0.129. The molecule has 2 aliphatic heterocycles. The van der Waals surface area contributed by atoms with Gasteiger partial charge in [0.2, 0.25) is 11.8 Å². The first-order valence-corrected chi connectivity index (χ1v) is 10.5. The summed E-state index contributed by atoms with van der Waals surface area (Å²) in [6, 6.07) is 0.380. The van der Waals surface area contributed by atoms with Crippen LogP contribution in [0.4, 0.5) is 8.78 Å². The van der Waals surface area contributed by atoms with Gasteiger partial charge in [-0.2, -0.15) is 5.26 Å². The Balaban J connectivity index is 0.000000221. The highest BCUT2D eigenvalue weighted by Gasteiger charge is 2.45. The molecule has 0 aromatic carbocycles. The van der Waals surface area contributed by atoms with Crippen molar-refractivity contribution in [1.82, 2.24) is 10.2 Å². The van der Waals surface area contributed by atoms with Gasteiger partial charge in [-0.25, -0.2) is 13.6 Å². The number of carbonyl (C=O) groups excluding carboxylic acids is 1. The first-order chi connectivity index (χ1) is 14.4. The lowest BCUT2D eigenvalue weighted by Gasteiger charge is -2.37. The van der Waals surface area contributed by atoms with Gasteiger partial charge in [0, 0.05) is 19.4 Å². The summed E-state index contributed by atoms with van der Waals surface area (Å²) in [6.45, 7) is 5.75. The molecule has 2 fully saturated rings. The summed E-state index contributed by atoms with van der Waals surface area (Å²) < 4.78 is 25.0. The van der Waals surface area contributed by atoms with E-state index in [4.69, 9.17) is 20.9 Å². The van der Waals surface area contributed by atoms with E-state index in [-0.39, 0.29) is 11.3 Å². The number of nitrogens with zero attached hydrogens (tertiary/aromatic N) is 3. The summed E-state index contributed by atoms with van der Waals surface area (Å²) in [5.74, 6) is -4.78. The van der Waals surface area contributed by atoms with Crippen LogP contribution in [0.15, 0.2) is 5.16 Å². The Labute approximate surface area is 180 Å². The zero-order valence-corrected chi connectivity index (χ0v) is 17.9. The number of amides is 1. The topological polar surface area (TPSA) is 139 Å². The largest absolute Gasteiger partial charge is 0.667 e. The number of alkyl halides is 2. The van der Waals surface area contributed by atoms with Crippen molar-refractivity contribution in [2.24, 2.45) is 5.16 Å². The summed E-state index contributed by atoms with van der Waals surface area (Å²) >= 11 is 0. The Kier molecular flexibility index (Phi) is 7.94. The normalized spacial score (nSPS) is 25.4. The van der Waals surface area contributed by atoms with Crippen molar-refractivity contribution in [3.05, 3.63) is 5.73 Å². The molecule has 11 heteroatoms. The van der Waals surface area contributed by atoms with Crippen LogP contribution in [-0.4, -0.2) is 70.3 Å². The molecule has 1 amide bonds. The zero-order valence-electron chi connectivity index (χ0n) is 17.9. The smallest absolute Gasteiger partial charge is 0.353 e. The Morgan fingerprint density at radius 2 is 2.13 bits per heavy atom. The zero-order chi connectivity index (χ0) is 23.3. The van der Waals surface area contributed by atoms with Gasteiger partial charge in [-0.05, 0) is 52.1 Å². The monoisotopic (exact) mass is 442 g/mol. The van der Waals surface area contributed by atoms with Crippen LogP contribution in [0.5, 0.6) is 0 Å². The molecule has 0 radical (unpaired) electrons. The number of oxime groups is 1. The fraction of sp³-hybridized carbons (Fsp3) is 0.800. The predicted octanol–water partition coefficient (Wildman–Crippen LogP) is 2.72. The van der Waals surface area contributed by atoms with Crippen LogP contribution < -0.4 is 5.32 Å². The number of halogens is 2. The minimum absolute atomic E-state index is 0.165. The van der Waals surface area contributed by atoms with E-state index in [2.05, 4.69) is 22.3 Å². The standard InChI is InChI=1S/C11H18N2O3.C9H12F2N3O/c1-2-5-13-6-3-4-11(8-13)7-9(10(14)15)12-16-11;1-8(10,11)4-6(13)7(15)14-9(5-12)2-3-9/h2-8H2,1H3,(H,14,15);6,13H,2-4H2,1H3,(H,14,15)/q;-1/t;6-/m.0/s1. The maximum Gasteiger partial charge on any atom is 0.353 e. The molecule has 3 aliphatic rings. The second kappa shape index (κ2) is 9.87. The number of likely N-dealkylation sites (tertiary alicyclic amines) is 1. The summed E-state index contributed by atoms with van der Waals surface area (Å²) in [6.07, 6.45) is 3.77. The Hall–Kier alpha value is -2.32. The molecule has 1 aliphatic carbocycles. The van der Waals surface area contributed by atoms with Crippen molar-refractivity contribution in [3.63, 3.8) is 0 Å². The second-order valence-corrected chi connectivity index (χ2v) is 8.68. The summed E-state index contributed by atoms with van der Waals surface area (Å²) in [5, 5.41) is 23.5. The average molecular weight is 442 g/mol. The number of piperidine rings is 1. The van der Waals surface area contributed by atoms with Crippen LogP contribution >= 0.6 is 0 Å². The van der Waals surface area contributed by atoms with Crippen LogP contribution in [-0.2, 0) is 14.4 Å². The molecule has 1 saturated heterocycles. The summed E-state index contributed by atoms with van der Waals surface area (Å²) in [7, 11) is 0. The Morgan fingerprint density at radius 1 is 1.45 bits per heavy atom. The highest BCUT2D eigenvalue weighted by molar-refractivity contribution is 6.36. The quantitative estimate of drug-likeness (QED) is 0.621. The van der Waals surface area contributed by atoms with Crippen molar-refractivity contribution < 1.29 is 28.3 Å². The molecule has 9 nitrogen and oxygen atoms in total. The number of rotatable bonds is 7.